The molecular weight excluding hydrogens is 324 g/mol. The lowest BCUT2D eigenvalue weighted by atomic mass is 10.2. The molecule has 0 aliphatic carbocycles. The van der Waals surface area contributed by atoms with Crippen LogP contribution in [0.4, 0.5) is 0 Å². The van der Waals surface area contributed by atoms with Crippen LogP contribution < -0.4 is 10.1 Å². The Kier molecular flexibility index (Phi) is 6.50. The number of piperazine rings is 1. The van der Waals surface area contributed by atoms with E-state index in [1.165, 1.54) is 5.56 Å². The zero-order chi connectivity index (χ0) is 18.2. The number of ether oxygens (including phenoxy) is 1. The van der Waals surface area contributed by atoms with E-state index >= 15 is 0 Å². The normalized spacial score (nSPS) is 15.8. The number of para-hydroxylation sites is 1. The standard InChI is InChI=1S/C21H28N4O/c1-22-21(23-16-19-10-6-7-11-20(19)26-2)25-14-12-24(13-15-25)17-18-8-4-3-5-9-18/h3-11H,12-17H2,1-2H3,(H,22,23). The highest BCUT2D eigenvalue weighted by Gasteiger charge is 2.19. The Morgan fingerprint density at radius 2 is 1.69 bits per heavy atom. The van der Waals surface area contributed by atoms with Crippen molar-refractivity contribution in [2.45, 2.75) is 13.1 Å². The number of rotatable bonds is 5. The van der Waals surface area contributed by atoms with Crippen molar-refractivity contribution in [3.63, 3.8) is 0 Å². The fourth-order valence-corrected chi connectivity index (χ4v) is 3.31. The minimum Gasteiger partial charge on any atom is -0.496 e. The maximum atomic E-state index is 5.43. The number of benzene rings is 2. The molecule has 0 atom stereocenters. The van der Waals surface area contributed by atoms with Gasteiger partial charge in [0.05, 0.1) is 7.11 Å². The minimum absolute atomic E-state index is 0.709. The third kappa shape index (κ3) is 4.76. The lowest BCUT2D eigenvalue weighted by molar-refractivity contribution is 0.172. The highest BCUT2D eigenvalue weighted by atomic mass is 16.5. The van der Waals surface area contributed by atoms with Gasteiger partial charge in [-0.05, 0) is 11.6 Å². The first-order valence-electron chi connectivity index (χ1n) is 9.14. The van der Waals surface area contributed by atoms with Crippen LogP contribution in [0.5, 0.6) is 5.75 Å². The van der Waals surface area contributed by atoms with E-state index < -0.39 is 0 Å². The van der Waals surface area contributed by atoms with Crippen LogP contribution in [0, 0.1) is 0 Å². The molecule has 5 nitrogen and oxygen atoms in total. The van der Waals surface area contributed by atoms with E-state index in [4.69, 9.17) is 4.74 Å². The van der Waals surface area contributed by atoms with Gasteiger partial charge < -0.3 is 15.0 Å². The Hall–Kier alpha value is -2.53. The Morgan fingerprint density at radius 3 is 2.38 bits per heavy atom. The molecule has 0 unspecified atom stereocenters. The number of hydrogen-bond donors (Lipinski definition) is 1. The number of methoxy groups -OCH3 is 1. The second-order valence-electron chi connectivity index (χ2n) is 6.46. The third-order valence-corrected chi connectivity index (χ3v) is 4.76. The average Bonchev–Trinajstić information content (AvgIpc) is 2.70. The molecular formula is C21H28N4O. The largest absolute Gasteiger partial charge is 0.496 e. The number of nitrogens with one attached hydrogen (secondary N) is 1. The average molecular weight is 352 g/mol. The van der Waals surface area contributed by atoms with Crippen LogP contribution in [0.15, 0.2) is 59.6 Å². The summed E-state index contributed by atoms with van der Waals surface area (Å²) in [6.07, 6.45) is 0. The van der Waals surface area contributed by atoms with Crippen LogP contribution in [0.3, 0.4) is 0 Å². The molecule has 3 rings (SSSR count). The highest BCUT2D eigenvalue weighted by Crippen LogP contribution is 2.17. The Labute approximate surface area is 156 Å². The molecule has 0 saturated carbocycles. The minimum atomic E-state index is 0.709. The summed E-state index contributed by atoms with van der Waals surface area (Å²) in [5.74, 6) is 1.86. The molecule has 5 heteroatoms. The van der Waals surface area contributed by atoms with Gasteiger partial charge in [0, 0.05) is 51.9 Å². The summed E-state index contributed by atoms with van der Waals surface area (Å²) < 4.78 is 5.43. The monoisotopic (exact) mass is 352 g/mol. The van der Waals surface area contributed by atoms with Gasteiger partial charge in [-0.25, -0.2) is 0 Å². The van der Waals surface area contributed by atoms with E-state index in [0.717, 1.165) is 50.0 Å². The smallest absolute Gasteiger partial charge is 0.194 e. The summed E-state index contributed by atoms with van der Waals surface area (Å²) in [6, 6.07) is 18.8. The van der Waals surface area contributed by atoms with E-state index in [1.54, 1.807) is 7.11 Å². The van der Waals surface area contributed by atoms with Crippen molar-refractivity contribution in [2.24, 2.45) is 4.99 Å². The van der Waals surface area contributed by atoms with Gasteiger partial charge in [0.25, 0.3) is 0 Å². The van der Waals surface area contributed by atoms with E-state index in [9.17, 15) is 0 Å². The number of aliphatic imine (C=N–C) groups is 1. The van der Waals surface area contributed by atoms with Crippen molar-refractivity contribution in [1.82, 2.24) is 15.1 Å². The van der Waals surface area contributed by atoms with Crippen molar-refractivity contribution in [1.29, 1.82) is 0 Å². The van der Waals surface area contributed by atoms with Gasteiger partial charge >= 0.3 is 0 Å². The second kappa shape index (κ2) is 9.25. The zero-order valence-corrected chi connectivity index (χ0v) is 15.7. The van der Waals surface area contributed by atoms with Crippen LogP contribution in [-0.4, -0.2) is 56.1 Å². The third-order valence-electron chi connectivity index (χ3n) is 4.76. The summed E-state index contributed by atoms with van der Waals surface area (Å²) in [5, 5.41) is 3.47. The Bertz CT molecular complexity index is 709. The first-order chi connectivity index (χ1) is 12.8. The van der Waals surface area contributed by atoms with Crippen molar-refractivity contribution in [3.05, 3.63) is 65.7 Å². The first-order valence-corrected chi connectivity index (χ1v) is 9.14. The molecule has 0 amide bonds. The molecule has 0 spiro atoms. The van der Waals surface area contributed by atoms with E-state index in [0.29, 0.717) is 6.54 Å². The van der Waals surface area contributed by atoms with Gasteiger partial charge in [-0.3, -0.25) is 9.89 Å². The molecule has 1 saturated heterocycles. The van der Waals surface area contributed by atoms with Crippen LogP contribution in [0.1, 0.15) is 11.1 Å². The summed E-state index contributed by atoms with van der Waals surface area (Å²) in [6.45, 7) is 5.79. The van der Waals surface area contributed by atoms with Gasteiger partial charge in [-0.2, -0.15) is 0 Å². The second-order valence-corrected chi connectivity index (χ2v) is 6.46. The van der Waals surface area contributed by atoms with Gasteiger partial charge in [-0.1, -0.05) is 48.5 Å². The molecule has 1 N–H and O–H groups in total. The molecule has 1 fully saturated rings. The number of nitrogens with zero attached hydrogens (tertiary/aromatic N) is 3. The lowest BCUT2D eigenvalue weighted by Gasteiger charge is -2.36. The van der Waals surface area contributed by atoms with Gasteiger partial charge in [0.1, 0.15) is 5.75 Å². The van der Waals surface area contributed by atoms with Crippen LogP contribution in [0.25, 0.3) is 0 Å². The number of guanidine groups is 1. The van der Waals surface area contributed by atoms with Gasteiger partial charge in [0.2, 0.25) is 0 Å². The maximum Gasteiger partial charge on any atom is 0.194 e. The predicted molar refractivity (Wildman–Crippen MR) is 106 cm³/mol. The zero-order valence-electron chi connectivity index (χ0n) is 15.7. The van der Waals surface area contributed by atoms with Crippen LogP contribution in [-0.2, 0) is 13.1 Å². The van der Waals surface area contributed by atoms with Crippen LogP contribution >= 0.6 is 0 Å². The van der Waals surface area contributed by atoms with Crippen molar-refractivity contribution < 1.29 is 4.74 Å². The summed E-state index contributed by atoms with van der Waals surface area (Å²) in [5.41, 5.74) is 2.51. The summed E-state index contributed by atoms with van der Waals surface area (Å²) in [7, 11) is 3.56. The molecule has 2 aromatic rings. The molecule has 0 bridgehead atoms. The summed E-state index contributed by atoms with van der Waals surface area (Å²) >= 11 is 0. The van der Waals surface area contributed by atoms with Crippen molar-refractivity contribution in [2.75, 3.05) is 40.3 Å². The van der Waals surface area contributed by atoms with Gasteiger partial charge in [0.15, 0.2) is 5.96 Å². The quantitative estimate of drug-likeness (QED) is 0.663. The molecule has 26 heavy (non-hydrogen) atoms. The first kappa shape index (κ1) is 18.3. The van der Waals surface area contributed by atoms with Gasteiger partial charge in [-0.15, -0.1) is 0 Å². The SMILES string of the molecule is CN=C(NCc1ccccc1OC)N1CCN(Cc2ccccc2)CC1. The molecule has 0 aromatic heterocycles. The molecule has 1 aliphatic heterocycles. The number of hydrogen-bond acceptors (Lipinski definition) is 3. The van der Waals surface area contributed by atoms with E-state index in [-0.39, 0.29) is 0 Å². The molecule has 2 aromatic carbocycles. The molecule has 0 radical (unpaired) electrons. The molecule has 1 aliphatic rings. The Morgan fingerprint density at radius 1 is 1.00 bits per heavy atom. The lowest BCUT2D eigenvalue weighted by Crippen LogP contribution is -2.52. The predicted octanol–water partition coefficient (Wildman–Crippen LogP) is 2.59. The van der Waals surface area contributed by atoms with Crippen molar-refractivity contribution >= 4 is 5.96 Å². The van der Waals surface area contributed by atoms with E-state index in [2.05, 4.69) is 56.5 Å². The fourth-order valence-electron chi connectivity index (χ4n) is 3.31. The highest BCUT2D eigenvalue weighted by molar-refractivity contribution is 5.80. The van der Waals surface area contributed by atoms with Crippen molar-refractivity contribution in [3.8, 4) is 5.75 Å². The van der Waals surface area contributed by atoms with Crippen LogP contribution in [0.2, 0.25) is 0 Å². The maximum absolute atomic E-state index is 5.43. The summed E-state index contributed by atoms with van der Waals surface area (Å²) in [4.78, 5) is 9.29. The Balaban J connectivity index is 1.51. The topological polar surface area (TPSA) is 40.1 Å². The fraction of sp³-hybridized carbons (Fsp3) is 0.381. The van der Waals surface area contributed by atoms with E-state index in [1.807, 2.05) is 25.2 Å². The molecule has 138 valence electrons. The molecule has 1 heterocycles.